The summed E-state index contributed by atoms with van der Waals surface area (Å²) in [7, 11) is -4.25. The van der Waals surface area contributed by atoms with Gasteiger partial charge in [-0.15, -0.1) is 0 Å². The summed E-state index contributed by atoms with van der Waals surface area (Å²) in [6, 6.07) is 7.10. The van der Waals surface area contributed by atoms with E-state index in [1.54, 1.807) is 6.07 Å². The van der Waals surface area contributed by atoms with Crippen LogP contribution in [0.3, 0.4) is 0 Å². The Morgan fingerprint density at radius 1 is 0.825 bits per heavy atom. The van der Waals surface area contributed by atoms with Crippen molar-refractivity contribution in [2.24, 2.45) is 5.41 Å². The van der Waals surface area contributed by atoms with Gasteiger partial charge in [0.15, 0.2) is 17.6 Å². The Labute approximate surface area is 223 Å². The van der Waals surface area contributed by atoms with Crippen LogP contribution in [-0.4, -0.2) is 104 Å². The normalized spacial score (nSPS) is 15.2. The Balaban J connectivity index is 0.000000406. The lowest BCUT2D eigenvalue weighted by molar-refractivity contribution is -0.195. The van der Waals surface area contributed by atoms with Crippen LogP contribution in [0.2, 0.25) is 0 Å². The van der Waals surface area contributed by atoms with Gasteiger partial charge in [0.25, 0.3) is 0 Å². The third-order valence-electron chi connectivity index (χ3n) is 5.12. The summed E-state index contributed by atoms with van der Waals surface area (Å²) >= 11 is 0. The highest BCUT2D eigenvalue weighted by molar-refractivity contribution is 7.87. The van der Waals surface area contributed by atoms with E-state index in [1.165, 1.54) is 24.3 Å². The molecule has 0 aliphatic heterocycles. The number of esters is 1. The average Bonchev–Trinajstić information content (AvgIpc) is 3.65. The molecule has 1 aliphatic carbocycles. The van der Waals surface area contributed by atoms with Gasteiger partial charge in [0.05, 0.1) is 12.8 Å². The maximum absolute atomic E-state index is 11.7. The van der Waals surface area contributed by atoms with Gasteiger partial charge in [-0.05, 0) is 25.0 Å². The van der Waals surface area contributed by atoms with Crippen molar-refractivity contribution in [2.45, 2.75) is 48.4 Å². The lowest BCUT2D eigenvalue weighted by Gasteiger charge is -2.27. The van der Waals surface area contributed by atoms with E-state index in [4.69, 9.17) is 30.6 Å². The molecule has 18 nitrogen and oxygen atoms in total. The molecule has 1 saturated carbocycles. The van der Waals surface area contributed by atoms with Gasteiger partial charge in [0, 0.05) is 0 Å². The van der Waals surface area contributed by atoms with Crippen molar-refractivity contribution >= 4 is 51.9 Å². The highest BCUT2D eigenvalue weighted by atomic mass is 32.2. The van der Waals surface area contributed by atoms with Crippen LogP contribution in [0.1, 0.15) is 25.7 Å². The van der Waals surface area contributed by atoms with Crippen LogP contribution in [0.5, 0.6) is 0 Å². The molecular weight excluding hydrogens is 572 g/mol. The Bertz CT molecular complexity index is 1260. The standard InChI is InChI=1S/C11H10O6S.C10H12O12/c12-9(13)11(6-7-11)10(14)17-18(15,16)8-4-2-1-3-5-8;11-3(12)1-10(9(20)21,2-4(13)14)22-8(19)6(16)5(15)7(17)18/h1-5H,6-7H2,(H,12,13);5-6,15-16H,1-2H2,(H,11,12)(H,13,14)(H,17,18)(H,20,21). The fraction of sp³-hybridized carbons (Fsp3) is 0.381. The van der Waals surface area contributed by atoms with Crippen LogP contribution >= 0.6 is 0 Å². The van der Waals surface area contributed by atoms with Crippen molar-refractivity contribution in [3.63, 3.8) is 0 Å². The molecule has 2 unspecified atom stereocenters. The van der Waals surface area contributed by atoms with E-state index in [1.807, 2.05) is 0 Å². The molecule has 1 aromatic rings. The highest BCUT2D eigenvalue weighted by Gasteiger charge is 2.60. The average molecular weight is 594 g/mol. The van der Waals surface area contributed by atoms with E-state index in [0.717, 1.165) is 0 Å². The van der Waals surface area contributed by atoms with Crippen LogP contribution in [-0.2, 0) is 52.6 Å². The zero-order valence-electron chi connectivity index (χ0n) is 19.9. The second kappa shape index (κ2) is 13.0. The summed E-state index contributed by atoms with van der Waals surface area (Å²) in [4.78, 5) is 76.4. The largest absolute Gasteiger partial charge is 0.481 e. The Morgan fingerprint density at radius 2 is 1.30 bits per heavy atom. The maximum atomic E-state index is 11.7. The monoisotopic (exact) mass is 594 g/mol. The Hall–Kier alpha value is -4.62. The third-order valence-corrected chi connectivity index (χ3v) is 6.34. The summed E-state index contributed by atoms with van der Waals surface area (Å²) in [6.07, 6.45) is -8.13. The molecule has 0 heterocycles. The van der Waals surface area contributed by atoms with Gasteiger partial charge in [-0.3, -0.25) is 14.4 Å². The summed E-state index contributed by atoms with van der Waals surface area (Å²) in [6.45, 7) is 0. The van der Waals surface area contributed by atoms with Crippen molar-refractivity contribution < 1.29 is 86.6 Å². The fourth-order valence-electron chi connectivity index (χ4n) is 2.78. The third kappa shape index (κ3) is 8.44. The van der Waals surface area contributed by atoms with Crippen LogP contribution in [0.25, 0.3) is 0 Å². The van der Waals surface area contributed by atoms with Crippen LogP contribution in [0.4, 0.5) is 0 Å². The Kier molecular flexibility index (Phi) is 10.8. The first-order valence-electron chi connectivity index (χ1n) is 10.6. The van der Waals surface area contributed by atoms with Crippen LogP contribution in [0.15, 0.2) is 35.2 Å². The van der Waals surface area contributed by atoms with Gasteiger partial charge in [-0.1, -0.05) is 18.2 Å². The topological polar surface area (TPSA) is 314 Å². The first-order chi connectivity index (χ1) is 18.3. The molecule has 2 atom stereocenters. The molecule has 0 amide bonds. The van der Waals surface area contributed by atoms with Crippen molar-refractivity contribution in [1.82, 2.24) is 0 Å². The molecule has 220 valence electrons. The molecule has 0 aromatic heterocycles. The predicted molar refractivity (Wildman–Crippen MR) is 120 cm³/mol. The summed E-state index contributed by atoms with van der Waals surface area (Å²) in [5.41, 5.74) is -4.75. The number of aliphatic hydroxyl groups excluding tert-OH is 2. The molecular formula is C21H22O18S. The number of ether oxygens (including phenoxy) is 1. The summed E-state index contributed by atoms with van der Waals surface area (Å²) in [5.74, 6) is -12.4. The molecule has 2 rings (SSSR count). The minimum atomic E-state index is -4.25. The van der Waals surface area contributed by atoms with Gasteiger partial charge in [-0.2, -0.15) is 8.42 Å². The summed E-state index contributed by atoms with van der Waals surface area (Å²) < 4.78 is 32.0. The second-order valence-corrected chi connectivity index (χ2v) is 9.66. The lowest BCUT2D eigenvalue weighted by Crippen LogP contribution is -2.51. The number of aliphatic carboxylic acids is 5. The SMILES string of the molecule is O=C(O)C1(C(=O)OS(=O)(=O)c2ccccc2)CC1.O=C(O)CC(CC(=O)O)(OC(=O)C(O)C(O)C(=O)O)C(=O)O. The fourth-order valence-corrected chi connectivity index (χ4v) is 3.73. The number of aliphatic hydroxyl groups is 2. The van der Waals surface area contributed by atoms with Gasteiger partial charge in [0.2, 0.25) is 5.60 Å². The van der Waals surface area contributed by atoms with Gasteiger partial charge < -0.3 is 44.7 Å². The number of carboxylic acid groups (broad SMARTS) is 5. The molecule has 1 aromatic carbocycles. The van der Waals surface area contributed by atoms with Crippen LogP contribution < -0.4 is 0 Å². The Morgan fingerprint density at radius 3 is 1.65 bits per heavy atom. The highest BCUT2D eigenvalue weighted by Crippen LogP contribution is 2.47. The van der Waals surface area contributed by atoms with E-state index in [9.17, 15) is 47.1 Å². The second-order valence-electron chi connectivity index (χ2n) is 8.11. The smallest absolute Gasteiger partial charge is 0.349 e. The number of benzene rings is 1. The van der Waals surface area contributed by atoms with Crippen molar-refractivity contribution in [3.8, 4) is 0 Å². The number of carbonyl (C=O) groups is 7. The molecule has 19 heteroatoms. The number of carbonyl (C=O) groups excluding carboxylic acids is 2. The number of rotatable bonds is 13. The molecule has 0 spiro atoms. The quantitative estimate of drug-likeness (QED) is 0.0729. The minimum Gasteiger partial charge on any atom is -0.481 e. The van der Waals surface area contributed by atoms with Gasteiger partial charge in [-0.25, -0.2) is 19.2 Å². The zero-order chi connectivity index (χ0) is 31.1. The number of carboxylic acids is 5. The molecule has 0 saturated heterocycles. The molecule has 7 N–H and O–H groups in total. The maximum Gasteiger partial charge on any atom is 0.349 e. The predicted octanol–water partition coefficient (Wildman–Crippen LogP) is -2.11. The lowest BCUT2D eigenvalue weighted by atomic mass is 9.95. The van der Waals surface area contributed by atoms with E-state index in [0.29, 0.717) is 0 Å². The first-order valence-corrected chi connectivity index (χ1v) is 12.0. The van der Waals surface area contributed by atoms with Crippen molar-refractivity contribution in [2.75, 3.05) is 0 Å². The minimum absolute atomic E-state index is 0.103. The van der Waals surface area contributed by atoms with Crippen molar-refractivity contribution in [3.05, 3.63) is 30.3 Å². The zero-order valence-corrected chi connectivity index (χ0v) is 20.7. The summed E-state index contributed by atoms with van der Waals surface area (Å²) in [5, 5.41) is 61.5. The molecule has 40 heavy (non-hydrogen) atoms. The van der Waals surface area contributed by atoms with E-state index < -0.39 is 88.0 Å². The molecule has 1 aliphatic rings. The van der Waals surface area contributed by atoms with E-state index in [-0.39, 0.29) is 17.7 Å². The van der Waals surface area contributed by atoms with Crippen molar-refractivity contribution in [1.29, 1.82) is 0 Å². The number of hydrogen-bond donors (Lipinski definition) is 7. The van der Waals surface area contributed by atoms with Crippen LogP contribution in [0, 0.1) is 5.41 Å². The van der Waals surface area contributed by atoms with Gasteiger partial charge >= 0.3 is 51.9 Å². The van der Waals surface area contributed by atoms with Gasteiger partial charge in [0.1, 0.15) is 4.90 Å². The number of hydrogen-bond acceptors (Lipinski definition) is 13. The first kappa shape index (κ1) is 33.4. The van der Waals surface area contributed by atoms with E-state index in [2.05, 4.69) is 8.92 Å². The molecule has 0 radical (unpaired) electrons. The van der Waals surface area contributed by atoms with E-state index >= 15 is 0 Å². The molecule has 1 fully saturated rings. The molecule has 0 bridgehead atoms.